The van der Waals surface area contributed by atoms with Crippen molar-refractivity contribution in [3.05, 3.63) is 59.2 Å². The Labute approximate surface area is 213 Å². The van der Waals surface area contributed by atoms with Gasteiger partial charge in [-0.25, -0.2) is 0 Å². The molecule has 0 spiro atoms. The Kier molecular flexibility index (Phi) is 7.04. The first-order chi connectivity index (χ1) is 17.0. The van der Waals surface area contributed by atoms with Crippen LogP contribution in [0.15, 0.2) is 42.5 Å². The van der Waals surface area contributed by atoms with E-state index in [1.54, 1.807) is 14.2 Å². The van der Waals surface area contributed by atoms with Crippen molar-refractivity contribution in [2.24, 2.45) is 5.92 Å². The molecule has 0 unspecified atom stereocenters. The number of fused-ring (bicyclic) bond motifs is 2. The van der Waals surface area contributed by atoms with Crippen LogP contribution in [0.2, 0.25) is 0 Å². The summed E-state index contributed by atoms with van der Waals surface area (Å²) in [7, 11) is 5.53. The Bertz CT molecular complexity index is 1050. The molecular formula is C28H36N2O4S. The van der Waals surface area contributed by atoms with Gasteiger partial charge < -0.3 is 24.3 Å². The van der Waals surface area contributed by atoms with Crippen molar-refractivity contribution in [3.63, 3.8) is 0 Å². The highest BCUT2D eigenvalue weighted by molar-refractivity contribution is 7.80. The van der Waals surface area contributed by atoms with Crippen molar-refractivity contribution >= 4 is 17.2 Å². The summed E-state index contributed by atoms with van der Waals surface area (Å²) < 4.78 is 23.3. The summed E-state index contributed by atoms with van der Waals surface area (Å²) in [5, 5.41) is 3.60. The average molecular weight is 497 g/mol. The first kappa shape index (κ1) is 24.5. The number of benzene rings is 2. The van der Waals surface area contributed by atoms with Gasteiger partial charge in [0, 0.05) is 23.6 Å². The predicted molar refractivity (Wildman–Crippen MR) is 140 cm³/mol. The smallest absolute Gasteiger partial charge is 0.213 e. The van der Waals surface area contributed by atoms with Crippen LogP contribution in [0.5, 0.6) is 11.5 Å². The van der Waals surface area contributed by atoms with Gasteiger partial charge >= 0.3 is 0 Å². The summed E-state index contributed by atoms with van der Waals surface area (Å²) >= 11 is 6.12. The number of hydrogen-bond acceptors (Lipinski definition) is 6. The highest BCUT2D eigenvalue weighted by atomic mass is 32.1. The zero-order chi connectivity index (χ0) is 24.6. The van der Waals surface area contributed by atoms with E-state index in [0.29, 0.717) is 49.3 Å². The van der Waals surface area contributed by atoms with Crippen LogP contribution >= 0.6 is 12.2 Å². The fraction of sp³-hybridized carbons (Fsp3) is 0.536. The van der Waals surface area contributed by atoms with Gasteiger partial charge in [0.2, 0.25) is 5.79 Å². The molecule has 2 aromatic carbocycles. The summed E-state index contributed by atoms with van der Waals surface area (Å²) in [6.45, 7) is 3.65. The molecule has 3 fully saturated rings. The molecule has 7 heteroatoms. The molecule has 3 heterocycles. The van der Waals surface area contributed by atoms with Crippen molar-refractivity contribution in [2.45, 2.75) is 50.0 Å². The fourth-order valence-electron chi connectivity index (χ4n) is 6.20. The lowest BCUT2D eigenvalue weighted by molar-refractivity contribution is -0.159. The van der Waals surface area contributed by atoms with Crippen LogP contribution in [0.25, 0.3) is 0 Å². The van der Waals surface area contributed by atoms with Gasteiger partial charge in [-0.2, -0.15) is 0 Å². The van der Waals surface area contributed by atoms with Crippen LogP contribution in [0.1, 0.15) is 41.9 Å². The van der Waals surface area contributed by atoms with Crippen molar-refractivity contribution in [1.29, 1.82) is 0 Å². The minimum Gasteiger partial charge on any atom is -0.493 e. The molecule has 1 N–H and O–H groups in total. The summed E-state index contributed by atoms with van der Waals surface area (Å²) in [4.78, 5) is 3.45. The normalized spacial score (nSPS) is 27.5. The highest BCUT2D eigenvalue weighted by Gasteiger charge is 2.48. The molecule has 35 heavy (non-hydrogen) atoms. The molecule has 3 saturated heterocycles. The number of nitrogens with one attached hydrogen (secondary N) is 1. The number of piperidine rings is 1. The minimum atomic E-state index is -0.915. The molecule has 4 atom stereocenters. The van der Waals surface area contributed by atoms with Gasteiger partial charge in [0.15, 0.2) is 11.5 Å². The van der Waals surface area contributed by atoms with E-state index in [-0.39, 0.29) is 5.92 Å². The molecule has 5 rings (SSSR count). The third-order valence-electron chi connectivity index (χ3n) is 8.15. The number of hydrogen-bond donors (Lipinski definition) is 1. The molecule has 2 bridgehead atoms. The summed E-state index contributed by atoms with van der Waals surface area (Å²) in [5.74, 6) is 1.07. The Morgan fingerprint density at radius 3 is 2.46 bits per heavy atom. The molecule has 6 nitrogen and oxygen atoms in total. The van der Waals surface area contributed by atoms with Gasteiger partial charge in [0.05, 0.1) is 39.0 Å². The van der Waals surface area contributed by atoms with E-state index in [1.165, 1.54) is 24.0 Å². The van der Waals surface area contributed by atoms with E-state index >= 15 is 0 Å². The maximum atomic E-state index is 6.19. The van der Waals surface area contributed by atoms with Crippen LogP contribution in [0.3, 0.4) is 0 Å². The standard InChI is InChI=1S/C28H36N2O4S/c1-18-5-7-19(8-6-18)22-16-21-10-11-23(30(21)2)26(22)27(35)29-17-28(33-13-14-34-28)20-9-12-24(31-3)25(15-20)32-4/h5-9,12,15,21-23,26H,10-11,13-14,16-17H2,1-4H3,(H,29,35)/t21-,22+,23+,26-/m0/s1. The van der Waals surface area contributed by atoms with Crippen LogP contribution in [-0.2, 0) is 15.3 Å². The Hall–Kier alpha value is -2.19. The highest BCUT2D eigenvalue weighted by Crippen LogP contribution is 2.47. The van der Waals surface area contributed by atoms with Gasteiger partial charge in [0.25, 0.3) is 0 Å². The van der Waals surface area contributed by atoms with Crippen LogP contribution < -0.4 is 14.8 Å². The number of thiocarbonyl (C=S) groups is 1. The lowest BCUT2D eigenvalue weighted by atomic mass is 9.76. The van der Waals surface area contributed by atoms with Crippen molar-refractivity contribution < 1.29 is 18.9 Å². The SMILES string of the molecule is COc1ccc(C2(CNC(=S)[C@H]3[C@@H](c4ccc(C)cc4)C[C@@H]4CC[C@H]3N4C)OCCO2)cc1OC. The van der Waals surface area contributed by atoms with Gasteiger partial charge in [-0.05, 0) is 62.9 Å². The third kappa shape index (κ3) is 4.55. The number of nitrogens with zero attached hydrogens (tertiary/aromatic N) is 1. The second-order valence-electron chi connectivity index (χ2n) is 9.98. The molecule has 3 aliphatic heterocycles. The minimum absolute atomic E-state index is 0.250. The van der Waals surface area contributed by atoms with E-state index in [1.807, 2.05) is 18.2 Å². The fourth-order valence-corrected chi connectivity index (χ4v) is 6.59. The third-order valence-corrected chi connectivity index (χ3v) is 8.57. The number of aryl methyl sites for hydroxylation is 1. The first-order valence-corrected chi connectivity index (χ1v) is 12.9. The molecule has 0 radical (unpaired) electrons. The van der Waals surface area contributed by atoms with E-state index in [2.05, 4.69) is 48.5 Å². The lowest BCUT2D eigenvalue weighted by Gasteiger charge is -2.44. The second kappa shape index (κ2) is 10.1. The molecule has 2 aromatic rings. The van der Waals surface area contributed by atoms with E-state index in [0.717, 1.165) is 17.0 Å². The largest absolute Gasteiger partial charge is 0.493 e. The zero-order valence-corrected chi connectivity index (χ0v) is 21.9. The van der Waals surface area contributed by atoms with Crippen LogP contribution in [-0.4, -0.2) is 63.0 Å². The molecule has 0 aliphatic carbocycles. The number of methoxy groups -OCH3 is 2. The maximum absolute atomic E-state index is 6.19. The molecule has 0 amide bonds. The zero-order valence-electron chi connectivity index (χ0n) is 21.1. The average Bonchev–Trinajstić information content (AvgIpc) is 3.44. The number of ether oxygens (including phenoxy) is 4. The number of rotatable bonds is 7. The summed E-state index contributed by atoms with van der Waals surface area (Å²) in [6, 6.07) is 15.9. The van der Waals surface area contributed by atoms with Gasteiger partial charge in [0.1, 0.15) is 0 Å². The monoisotopic (exact) mass is 496 g/mol. The summed E-state index contributed by atoms with van der Waals surface area (Å²) in [6.07, 6.45) is 3.56. The van der Waals surface area contributed by atoms with E-state index in [4.69, 9.17) is 31.2 Å². The van der Waals surface area contributed by atoms with Crippen LogP contribution in [0.4, 0.5) is 0 Å². The lowest BCUT2D eigenvalue weighted by Crippen LogP contribution is -2.52. The van der Waals surface area contributed by atoms with Gasteiger partial charge in [-0.1, -0.05) is 42.0 Å². The first-order valence-electron chi connectivity index (χ1n) is 12.5. The van der Waals surface area contributed by atoms with Crippen LogP contribution in [0, 0.1) is 12.8 Å². The quantitative estimate of drug-likeness (QED) is 0.571. The summed E-state index contributed by atoms with van der Waals surface area (Å²) in [5.41, 5.74) is 3.56. The predicted octanol–water partition coefficient (Wildman–Crippen LogP) is 4.40. The van der Waals surface area contributed by atoms with Gasteiger partial charge in [-0.3, -0.25) is 4.90 Å². The molecule has 3 aliphatic rings. The van der Waals surface area contributed by atoms with Crippen molar-refractivity contribution in [3.8, 4) is 11.5 Å². The molecular weight excluding hydrogens is 460 g/mol. The Morgan fingerprint density at radius 1 is 1.06 bits per heavy atom. The molecule has 0 saturated carbocycles. The van der Waals surface area contributed by atoms with Crippen molar-refractivity contribution in [2.75, 3.05) is 41.0 Å². The topological polar surface area (TPSA) is 52.2 Å². The van der Waals surface area contributed by atoms with E-state index in [9.17, 15) is 0 Å². The maximum Gasteiger partial charge on any atom is 0.213 e. The van der Waals surface area contributed by atoms with E-state index < -0.39 is 5.79 Å². The Balaban J connectivity index is 1.39. The van der Waals surface area contributed by atoms with Crippen molar-refractivity contribution in [1.82, 2.24) is 10.2 Å². The molecule has 0 aromatic heterocycles. The Morgan fingerprint density at radius 2 is 1.77 bits per heavy atom. The second-order valence-corrected chi connectivity index (χ2v) is 10.4. The van der Waals surface area contributed by atoms with Gasteiger partial charge in [-0.15, -0.1) is 0 Å². The molecule has 188 valence electrons.